The van der Waals surface area contributed by atoms with Crippen LogP contribution >= 0.6 is 11.3 Å². The number of thiophene rings is 1. The van der Waals surface area contributed by atoms with Crippen molar-refractivity contribution in [1.29, 1.82) is 0 Å². The second-order valence-corrected chi connectivity index (χ2v) is 9.26. The largest absolute Gasteiger partial charge is 0.375 e. The first-order valence-electron chi connectivity index (χ1n) is 9.05. The first kappa shape index (κ1) is 21.3. The van der Waals surface area contributed by atoms with E-state index in [1.54, 1.807) is 27.3 Å². The summed E-state index contributed by atoms with van der Waals surface area (Å²) < 4.78 is 33.0. The Hall–Kier alpha value is -2.43. The van der Waals surface area contributed by atoms with Crippen LogP contribution in [0.5, 0.6) is 0 Å². The van der Waals surface area contributed by atoms with Gasteiger partial charge in [0.15, 0.2) is 0 Å². The standard InChI is InChI=1S/C19H23N3O5S2/c1-14-3-5-15(6-4-14)20-29(25,26)16-7-12-28-18(16)19(24)22-10-8-21(9-11-22)17(23)13-27-2/h3-7,12,20H,8-11,13H2,1-2H3. The molecule has 0 aliphatic carbocycles. The summed E-state index contributed by atoms with van der Waals surface area (Å²) in [6.07, 6.45) is 0. The maximum atomic E-state index is 12.9. The topological polar surface area (TPSA) is 96.0 Å². The van der Waals surface area contributed by atoms with Gasteiger partial charge in [-0.1, -0.05) is 17.7 Å². The van der Waals surface area contributed by atoms with Gasteiger partial charge in [-0.2, -0.15) is 0 Å². The zero-order chi connectivity index (χ0) is 21.0. The monoisotopic (exact) mass is 437 g/mol. The molecule has 0 radical (unpaired) electrons. The van der Waals surface area contributed by atoms with Crippen LogP contribution in [0.3, 0.4) is 0 Å². The molecule has 1 aliphatic rings. The molecule has 1 aliphatic heterocycles. The molecular weight excluding hydrogens is 414 g/mol. The highest BCUT2D eigenvalue weighted by Gasteiger charge is 2.30. The zero-order valence-electron chi connectivity index (χ0n) is 16.3. The van der Waals surface area contributed by atoms with Crippen molar-refractivity contribution < 1.29 is 22.7 Å². The van der Waals surface area contributed by atoms with E-state index >= 15 is 0 Å². The van der Waals surface area contributed by atoms with E-state index in [0.29, 0.717) is 31.9 Å². The Bertz CT molecular complexity index is 978. The van der Waals surface area contributed by atoms with E-state index in [4.69, 9.17) is 4.74 Å². The van der Waals surface area contributed by atoms with Crippen LogP contribution in [-0.4, -0.2) is 69.9 Å². The third-order valence-corrected chi connectivity index (χ3v) is 7.06. The van der Waals surface area contributed by atoms with Gasteiger partial charge < -0.3 is 14.5 Å². The molecule has 29 heavy (non-hydrogen) atoms. The van der Waals surface area contributed by atoms with Crippen LogP contribution in [0, 0.1) is 6.92 Å². The minimum absolute atomic E-state index is 0.00590. The lowest BCUT2D eigenvalue weighted by Crippen LogP contribution is -2.51. The number of ether oxygens (including phenoxy) is 1. The maximum absolute atomic E-state index is 12.9. The minimum atomic E-state index is -3.90. The quantitative estimate of drug-likeness (QED) is 0.743. The fourth-order valence-electron chi connectivity index (χ4n) is 3.01. The summed E-state index contributed by atoms with van der Waals surface area (Å²) in [5.41, 5.74) is 1.45. The summed E-state index contributed by atoms with van der Waals surface area (Å²) in [5.74, 6) is -0.468. The molecule has 2 heterocycles. The SMILES string of the molecule is COCC(=O)N1CCN(C(=O)c2sccc2S(=O)(=O)Nc2ccc(C)cc2)CC1. The number of aryl methyl sites for hydroxylation is 1. The van der Waals surface area contributed by atoms with E-state index < -0.39 is 10.0 Å². The normalized spacial score (nSPS) is 14.7. The third kappa shape index (κ3) is 4.95. The molecule has 156 valence electrons. The number of nitrogens with zero attached hydrogens (tertiary/aromatic N) is 2. The number of anilines is 1. The van der Waals surface area contributed by atoms with Crippen LogP contribution < -0.4 is 4.72 Å². The van der Waals surface area contributed by atoms with Crippen LogP contribution in [0.1, 0.15) is 15.2 Å². The summed E-state index contributed by atoms with van der Waals surface area (Å²) >= 11 is 1.10. The van der Waals surface area contributed by atoms with E-state index in [-0.39, 0.29) is 28.2 Å². The zero-order valence-corrected chi connectivity index (χ0v) is 17.9. The van der Waals surface area contributed by atoms with Crippen LogP contribution in [0.2, 0.25) is 0 Å². The van der Waals surface area contributed by atoms with Crippen LogP contribution in [0.15, 0.2) is 40.6 Å². The van der Waals surface area contributed by atoms with Crippen molar-refractivity contribution in [2.75, 3.05) is 44.6 Å². The van der Waals surface area contributed by atoms with Crippen molar-refractivity contribution in [3.05, 3.63) is 46.2 Å². The Morgan fingerprint density at radius 1 is 1.07 bits per heavy atom. The van der Waals surface area contributed by atoms with Gasteiger partial charge in [-0.15, -0.1) is 11.3 Å². The lowest BCUT2D eigenvalue weighted by molar-refractivity contribution is -0.136. The summed E-state index contributed by atoms with van der Waals surface area (Å²) in [5, 5.41) is 1.59. The first-order chi connectivity index (χ1) is 13.8. The highest BCUT2D eigenvalue weighted by Crippen LogP contribution is 2.26. The molecular formula is C19H23N3O5S2. The lowest BCUT2D eigenvalue weighted by atomic mass is 10.2. The summed E-state index contributed by atoms with van der Waals surface area (Å²) in [6, 6.07) is 8.41. The van der Waals surface area contributed by atoms with Gasteiger partial charge in [0.2, 0.25) is 5.91 Å². The number of benzene rings is 1. The van der Waals surface area contributed by atoms with Gasteiger partial charge in [0, 0.05) is 39.0 Å². The van der Waals surface area contributed by atoms with Gasteiger partial charge in [-0.05, 0) is 30.5 Å². The Balaban J connectivity index is 1.71. The van der Waals surface area contributed by atoms with Crippen LogP contribution in [0.25, 0.3) is 0 Å². The van der Waals surface area contributed by atoms with E-state index in [9.17, 15) is 18.0 Å². The minimum Gasteiger partial charge on any atom is -0.375 e. The molecule has 8 nitrogen and oxygen atoms in total. The molecule has 1 fully saturated rings. The van der Waals surface area contributed by atoms with Gasteiger partial charge in [0.05, 0.1) is 0 Å². The number of carbonyl (C=O) groups is 2. The Morgan fingerprint density at radius 3 is 2.31 bits per heavy atom. The van der Waals surface area contributed by atoms with E-state index in [1.807, 2.05) is 19.1 Å². The van der Waals surface area contributed by atoms with E-state index in [2.05, 4.69) is 4.72 Å². The maximum Gasteiger partial charge on any atom is 0.265 e. The average molecular weight is 438 g/mol. The van der Waals surface area contributed by atoms with Crippen molar-refractivity contribution in [1.82, 2.24) is 9.80 Å². The third-order valence-electron chi connectivity index (χ3n) is 4.60. The molecule has 1 aromatic heterocycles. The predicted octanol–water partition coefficient (Wildman–Crippen LogP) is 1.79. The number of rotatable bonds is 6. The molecule has 0 saturated carbocycles. The van der Waals surface area contributed by atoms with Crippen molar-refractivity contribution >= 4 is 38.9 Å². The second-order valence-electron chi connectivity index (χ2n) is 6.69. The van der Waals surface area contributed by atoms with E-state index in [1.165, 1.54) is 13.2 Å². The molecule has 10 heteroatoms. The fraction of sp³-hybridized carbons (Fsp3) is 0.368. The van der Waals surface area contributed by atoms with Gasteiger partial charge in [0.1, 0.15) is 16.4 Å². The van der Waals surface area contributed by atoms with Gasteiger partial charge >= 0.3 is 0 Å². The summed E-state index contributed by atoms with van der Waals surface area (Å²) in [7, 11) is -2.44. The molecule has 3 rings (SSSR count). The molecule has 2 aromatic rings. The number of methoxy groups -OCH3 is 1. The average Bonchev–Trinajstić information content (AvgIpc) is 3.20. The number of carbonyl (C=O) groups excluding carboxylic acids is 2. The molecule has 1 N–H and O–H groups in total. The van der Waals surface area contributed by atoms with Crippen LogP contribution in [0.4, 0.5) is 5.69 Å². The fourth-order valence-corrected chi connectivity index (χ4v) is 5.46. The van der Waals surface area contributed by atoms with Crippen molar-refractivity contribution in [3.8, 4) is 0 Å². The molecule has 1 saturated heterocycles. The number of amides is 2. The number of hydrogen-bond acceptors (Lipinski definition) is 6. The molecule has 0 bridgehead atoms. The highest BCUT2D eigenvalue weighted by molar-refractivity contribution is 7.93. The van der Waals surface area contributed by atoms with Gasteiger partial charge in [-0.25, -0.2) is 8.42 Å². The molecule has 2 amide bonds. The smallest absolute Gasteiger partial charge is 0.265 e. The van der Waals surface area contributed by atoms with Crippen LogP contribution in [-0.2, 0) is 19.6 Å². The Labute approximate surface area is 174 Å². The van der Waals surface area contributed by atoms with Crippen molar-refractivity contribution in [2.24, 2.45) is 0 Å². The highest BCUT2D eigenvalue weighted by atomic mass is 32.2. The molecule has 0 unspecified atom stereocenters. The predicted molar refractivity (Wildman–Crippen MR) is 111 cm³/mol. The Kier molecular flexibility index (Phi) is 6.56. The van der Waals surface area contributed by atoms with E-state index in [0.717, 1.165) is 16.9 Å². The van der Waals surface area contributed by atoms with Gasteiger partial charge in [-0.3, -0.25) is 14.3 Å². The summed E-state index contributed by atoms with van der Waals surface area (Å²) in [6.45, 7) is 3.39. The lowest BCUT2D eigenvalue weighted by Gasteiger charge is -2.34. The number of hydrogen-bond donors (Lipinski definition) is 1. The number of nitrogens with one attached hydrogen (secondary N) is 1. The molecule has 0 atom stereocenters. The number of piperazine rings is 1. The summed E-state index contributed by atoms with van der Waals surface area (Å²) in [4.78, 5) is 28.2. The van der Waals surface area contributed by atoms with Gasteiger partial charge in [0.25, 0.3) is 15.9 Å². The molecule has 0 spiro atoms. The Morgan fingerprint density at radius 2 is 1.69 bits per heavy atom. The second kappa shape index (κ2) is 8.93. The molecule has 1 aromatic carbocycles. The number of sulfonamides is 1. The van der Waals surface area contributed by atoms with Crippen molar-refractivity contribution in [3.63, 3.8) is 0 Å². The van der Waals surface area contributed by atoms with Crippen molar-refractivity contribution in [2.45, 2.75) is 11.8 Å². The first-order valence-corrected chi connectivity index (χ1v) is 11.4.